The Labute approximate surface area is 159 Å². The van der Waals surface area contributed by atoms with Crippen LogP contribution in [0.5, 0.6) is 0 Å². The minimum absolute atomic E-state index is 0.0711. The Morgan fingerprint density at radius 1 is 1.15 bits per heavy atom. The number of nitrogens with zero attached hydrogens (tertiary/aromatic N) is 2. The molecular formula is C20H21N3O3S. The number of amides is 1. The van der Waals surface area contributed by atoms with Gasteiger partial charge < -0.3 is 10.2 Å². The maximum absolute atomic E-state index is 12.6. The van der Waals surface area contributed by atoms with E-state index in [1.807, 2.05) is 13.8 Å². The molecule has 27 heavy (non-hydrogen) atoms. The molecule has 0 aromatic heterocycles. The van der Waals surface area contributed by atoms with E-state index in [0.29, 0.717) is 29.9 Å². The Morgan fingerprint density at radius 2 is 1.81 bits per heavy atom. The number of fused-ring (bicyclic) bond motifs is 1. The van der Waals surface area contributed by atoms with E-state index in [4.69, 9.17) is 0 Å². The summed E-state index contributed by atoms with van der Waals surface area (Å²) in [6.45, 7) is 8.77. The summed E-state index contributed by atoms with van der Waals surface area (Å²) in [7, 11) is -3.67. The summed E-state index contributed by atoms with van der Waals surface area (Å²) in [5, 5.41) is 3.03. The number of carbonyl (C=O) groups excluding carboxylic acids is 1. The Hall–Kier alpha value is -2.93. The second kappa shape index (κ2) is 7.36. The molecule has 1 aliphatic heterocycles. The number of sulfonamides is 1. The van der Waals surface area contributed by atoms with Gasteiger partial charge in [-0.1, -0.05) is 24.3 Å². The van der Waals surface area contributed by atoms with Crippen LogP contribution in [0.2, 0.25) is 0 Å². The van der Waals surface area contributed by atoms with Gasteiger partial charge in [-0.05, 0) is 50.2 Å². The summed E-state index contributed by atoms with van der Waals surface area (Å²) >= 11 is 0. The molecule has 0 spiro atoms. The predicted molar refractivity (Wildman–Crippen MR) is 107 cm³/mol. The molecule has 2 aromatic carbocycles. The van der Waals surface area contributed by atoms with Crippen LogP contribution in [-0.2, 0) is 10.0 Å². The molecule has 0 atom stereocenters. The molecule has 1 aliphatic rings. The summed E-state index contributed by atoms with van der Waals surface area (Å²) in [6, 6.07) is 13.6. The van der Waals surface area contributed by atoms with Gasteiger partial charge in [0.25, 0.3) is 15.9 Å². The molecule has 0 saturated heterocycles. The first-order valence-electron chi connectivity index (χ1n) is 8.57. The third-order valence-corrected chi connectivity index (χ3v) is 5.49. The molecular weight excluding hydrogens is 362 g/mol. The van der Waals surface area contributed by atoms with E-state index < -0.39 is 10.0 Å². The van der Waals surface area contributed by atoms with E-state index in [-0.39, 0.29) is 16.6 Å². The van der Waals surface area contributed by atoms with Gasteiger partial charge in [0.1, 0.15) is 4.90 Å². The van der Waals surface area contributed by atoms with Crippen LogP contribution in [0.25, 0.3) is 0 Å². The fourth-order valence-electron chi connectivity index (χ4n) is 2.86. The average molecular weight is 383 g/mol. The van der Waals surface area contributed by atoms with Gasteiger partial charge in [0.05, 0.1) is 0 Å². The first kappa shape index (κ1) is 18.8. The van der Waals surface area contributed by atoms with E-state index in [0.717, 1.165) is 5.57 Å². The standard InChI is InChI=1S/C20H21N3O3S/c1-4-23(13-14(2)3)20(24)15-9-11-16(12-10-15)21-19-17-7-5-6-8-18(17)27(25,26)22-19/h5-12H,2,4,13H2,1,3H3,(H,21,22). The number of benzene rings is 2. The van der Waals surface area contributed by atoms with Crippen LogP contribution in [0, 0.1) is 0 Å². The minimum Gasteiger partial charge on any atom is -0.339 e. The number of hydrogen-bond acceptors (Lipinski definition) is 4. The van der Waals surface area contributed by atoms with Gasteiger partial charge in [-0.15, -0.1) is 4.40 Å². The van der Waals surface area contributed by atoms with Gasteiger partial charge in [0.2, 0.25) is 0 Å². The van der Waals surface area contributed by atoms with Gasteiger partial charge in [-0.25, -0.2) is 0 Å². The maximum Gasteiger partial charge on any atom is 0.285 e. The van der Waals surface area contributed by atoms with Gasteiger partial charge in [-0.2, -0.15) is 8.42 Å². The number of hydrogen-bond donors (Lipinski definition) is 1. The molecule has 0 aliphatic carbocycles. The fourth-order valence-corrected chi connectivity index (χ4v) is 4.04. The Morgan fingerprint density at radius 3 is 2.44 bits per heavy atom. The van der Waals surface area contributed by atoms with Crippen LogP contribution in [-0.4, -0.2) is 38.2 Å². The van der Waals surface area contributed by atoms with Crippen molar-refractivity contribution in [2.45, 2.75) is 18.7 Å². The molecule has 1 amide bonds. The number of rotatable bonds is 5. The average Bonchev–Trinajstić information content (AvgIpc) is 2.90. The highest BCUT2D eigenvalue weighted by atomic mass is 32.2. The summed E-state index contributed by atoms with van der Waals surface area (Å²) < 4.78 is 28.0. The molecule has 0 bridgehead atoms. The van der Waals surface area contributed by atoms with Crippen molar-refractivity contribution < 1.29 is 13.2 Å². The molecule has 0 fully saturated rings. The Kier molecular flexibility index (Phi) is 5.14. The van der Waals surface area contributed by atoms with Gasteiger partial charge in [0.15, 0.2) is 5.84 Å². The second-order valence-corrected chi connectivity index (χ2v) is 7.96. The summed E-state index contributed by atoms with van der Waals surface area (Å²) in [6.07, 6.45) is 0. The number of carbonyl (C=O) groups is 1. The normalized spacial score (nSPS) is 14.2. The van der Waals surface area contributed by atoms with Crippen LogP contribution in [0.3, 0.4) is 0 Å². The maximum atomic E-state index is 12.6. The molecule has 1 N–H and O–H groups in total. The van der Waals surface area contributed by atoms with E-state index in [1.165, 1.54) is 6.07 Å². The highest BCUT2D eigenvalue weighted by molar-refractivity contribution is 7.90. The van der Waals surface area contributed by atoms with Gasteiger partial charge >= 0.3 is 0 Å². The third kappa shape index (κ3) is 3.93. The number of amidine groups is 1. The van der Waals surface area contributed by atoms with Crippen LogP contribution in [0.4, 0.5) is 5.69 Å². The van der Waals surface area contributed by atoms with Crippen molar-refractivity contribution in [2.24, 2.45) is 4.40 Å². The predicted octanol–water partition coefficient (Wildman–Crippen LogP) is 3.29. The lowest BCUT2D eigenvalue weighted by Crippen LogP contribution is -2.32. The molecule has 0 radical (unpaired) electrons. The molecule has 0 unspecified atom stereocenters. The van der Waals surface area contributed by atoms with Crippen molar-refractivity contribution in [3.8, 4) is 0 Å². The Bertz CT molecular complexity index is 1020. The van der Waals surface area contributed by atoms with Crippen molar-refractivity contribution in [3.05, 3.63) is 71.8 Å². The second-order valence-electron chi connectivity index (χ2n) is 6.39. The van der Waals surface area contributed by atoms with Crippen molar-refractivity contribution in [1.29, 1.82) is 0 Å². The van der Waals surface area contributed by atoms with Crippen molar-refractivity contribution in [2.75, 3.05) is 18.4 Å². The van der Waals surface area contributed by atoms with E-state index >= 15 is 0 Å². The van der Waals surface area contributed by atoms with Crippen LogP contribution in [0.1, 0.15) is 29.8 Å². The van der Waals surface area contributed by atoms with Gasteiger partial charge in [0, 0.05) is 29.9 Å². The van der Waals surface area contributed by atoms with E-state index in [1.54, 1.807) is 47.4 Å². The lowest BCUT2D eigenvalue weighted by atomic mass is 10.1. The summed E-state index contributed by atoms with van der Waals surface area (Å²) in [5.41, 5.74) is 2.67. The highest BCUT2D eigenvalue weighted by Gasteiger charge is 2.28. The van der Waals surface area contributed by atoms with E-state index in [2.05, 4.69) is 16.3 Å². The first-order valence-corrected chi connectivity index (χ1v) is 10.0. The number of anilines is 1. The minimum atomic E-state index is -3.67. The number of nitrogens with one attached hydrogen (secondary N) is 1. The van der Waals surface area contributed by atoms with Crippen LogP contribution >= 0.6 is 0 Å². The summed E-state index contributed by atoms with van der Waals surface area (Å²) in [4.78, 5) is 14.5. The molecule has 7 heteroatoms. The van der Waals surface area contributed by atoms with Crippen LogP contribution < -0.4 is 5.32 Å². The van der Waals surface area contributed by atoms with Crippen LogP contribution in [0.15, 0.2) is 70.0 Å². The van der Waals surface area contributed by atoms with E-state index in [9.17, 15) is 13.2 Å². The highest BCUT2D eigenvalue weighted by Crippen LogP contribution is 2.26. The van der Waals surface area contributed by atoms with Gasteiger partial charge in [-0.3, -0.25) is 4.79 Å². The molecule has 2 aromatic rings. The lowest BCUT2D eigenvalue weighted by Gasteiger charge is -2.21. The SMILES string of the molecule is C=C(C)CN(CC)C(=O)c1ccc(NC2=NS(=O)(=O)c3ccccc32)cc1. The fraction of sp³-hybridized carbons (Fsp3) is 0.200. The quantitative estimate of drug-likeness (QED) is 0.804. The molecule has 1 heterocycles. The van der Waals surface area contributed by atoms with Crippen molar-refractivity contribution in [3.63, 3.8) is 0 Å². The van der Waals surface area contributed by atoms with Crippen molar-refractivity contribution in [1.82, 2.24) is 4.90 Å². The molecule has 140 valence electrons. The first-order chi connectivity index (χ1) is 12.8. The zero-order valence-electron chi connectivity index (χ0n) is 15.3. The Balaban J connectivity index is 1.79. The zero-order chi connectivity index (χ0) is 19.6. The number of likely N-dealkylation sites (N-methyl/N-ethyl adjacent to an activating group) is 1. The van der Waals surface area contributed by atoms with Crippen molar-refractivity contribution >= 4 is 27.5 Å². The molecule has 0 saturated carbocycles. The lowest BCUT2D eigenvalue weighted by molar-refractivity contribution is 0.0778. The smallest absolute Gasteiger partial charge is 0.285 e. The summed E-state index contributed by atoms with van der Waals surface area (Å²) in [5.74, 6) is 0.209. The molecule has 3 rings (SSSR count). The molecule has 6 nitrogen and oxygen atoms in total. The third-order valence-electron chi connectivity index (χ3n) is 4.16. The monoisotopic (exact) mass is 383 g/mol. The zero-order valence-corrected chi connectivity index (χ0v) is 16.1. The topological polar surface area (TPSA) is 78.8 Å². The largest absolute Gasteiger partial charge is 0.339 e.